The molecule has 1 unspecified atom stereocenters. The van der Waals surface area contributed by atoms with E-state index in [1.54, 1.807) is 0 Å². The molecular weight excluding hydrogens is 160 g/mol. The predicted molar refractivity (Wildman–Crippen MR) is 45.0 cm³/mol. The Morgan fingerprint density at radius 1 is 1.25 bits per heavy atom. The number of aliphatic hydroxyl groups is 2. The summed E-state index contributed by atoms with van der Waals surface area (Å²) in [7, 11) is 0. The van der Waals surface area contributed by atoms with Crippen LogP contribution in [0.3, 0.4) is 0 Å². The molecule has 1 atom stereocenters. The van der Waals surface area contributed by atoms with Gasteiger partial charge in [0.25, 0.3) is 0 Å². The smallest absolute Gasteiger partial charge is 0.0830 e. The third kappa shape index (κ3) is 6.54. The molecular formula is C8H18O4. The Labute approximate surface area is 73.1 Å². The summed E-state index contributed by atoms with van der Waals surface area (Å²) in [5.74, 6) is 0. The van der Waals surface area contributed by atoms with Gasteiger partial charge in [-0.25, -0.2) is 0 Å². The molecule has 0 heterocycles. The third-order valence-electron chi connectivity index (χ3n) is 1.39. The Hall–Kier alpha value is -0.160. The molecule has 0 aromatic heterocycles. The highest BCUT2D eigenvalue weighted by molar-refractivity contribution is 4.55. The van der Waals surface area contributed by atoms with E-state index in [1.165, 1.54) is 0 Å². The van der Waals surface area contributed by atoms with Crippen LogP contribution in [0.1, 0.15) is 13.3 Å². The first-order valence-electron chi connectivity index (χ1n) is 4.26. The standard InChI is InChI=1S/C8H18O4/c1-2-12-8(3-4-9)7-11-6-5-10/h8-10H,2-7H2,1H3. The van der Waals surface area contributed by atoms with E-state index in [1.807, 2.05) is 6.92 Å². The number of aliphatic hydroxyl groups excluding tert-OH is 2. The fraction of sp³-hybridized carbons (Fsp3) is 1.00. The van der Waals surface area contributed by atoms with Crippen LogP contribution in [0.2, 0.25) is 0 Å². The summed E-state index contributed by atoms with van der Waals surface area (Å²) >= 11 is 0. The van der Waals surface area contributed by atoms with Gasteiger partial charge in [-0.2, -0.15) is 0 Å². The van der Waals surface area contributed by atoms with Gasteiger partial charge in [0.1, 0.15) is 0 Å². The molecule has 0 rings (SSSR count). The molecule has 0 amide bonds. The number of rotatable bonds is 8. The largest absolute Gasteiger partial charge is 0.396 e. The quantitative estimate of drug-likeness (QED) is 0.505. The average Bonchev–Trinajstić information content (AvgIpc) is 2.06. The zero-order valence-corrected chi connectivity index (χ0v) is 7.53. The molecule has 74 valence electrons. The number of hydrogen-bond acceptors (Lipinski definition) is 4. The van der Waals surface area contributed by atoms with E-state index in [2.05, 4.69) is 0 Å². The Kier molecular flexibility index (Phi) is 8.81. The maximum absolute atomic E-state index is 8.63. The zero-order chi connectivity index (χ0) is 9.23. The van der Waals surface area contributed by atoms with E-state index in [0.29, 0.717) is 26.2 Å². The lowest BCUT2D eigenvalue weighted by molar-refractivity contribution is -0.0288. The lowest BCUT2D eigenvalue weighted by atomic mass is 10.3. The van der Waals surface area contributed by atoms with E-state index in [0.717, 1.165) is 0 Å². The van der Waals surface area contributed by atoms with Crippen LogP contribution in [0.5, 0.6) is 0 Å². The molecule has 0 aromatic rings. The fourth-order valence-corrected chi connectivity index (χ4v) is 0.874. The molecule has 4 nitrogen and oxygen atoms in total. The first-order valence-corrected chi connectivity index (χ1v) is 4.26. The topological polar surface area (TPSA) is 58.9 Å². The fourth-order valence-electron chi connectivity index (χ4n) is 0.874. The Morgan fingerprint density at radius 2 is 2.00 bits per heavy atom. The van der Waals surface area contributed by atoms with E-state index in [4.69, 9.17) is 19.7 Å². The summed E-state index contributed by atoms with van der Waals surface area (Å²) in [5.41, 5.74) is 0. The van der Waals surface area contributed by atoms with Crippen molar-refractivity contribution < 1.29 is 19.7 Å². The average molecular weight is 178 g/mol. The first-order chi connectivity index (χ1) is 5.85. The van der Waals surface area contributed by atoms with Crippen molar-refractivity contribution >= 4 is 0 Å². The minimum absolute atomic E-state index is 0.0258. The highest BCUT2D eigenvalue weighted by Crippen LogP contribution is 1.98. The van der Waals surface area contributed by atoms with E-state index >= 15 is 0 Å². The molecule has 12 heavy (non-hydrogen) atoms. The monoisotopic (exact) mass is 178 g/mol. The van der Waals surface area contributed by atoms with Crippen LogP contribution in [0, 0.1) is 0 Å². The normalized spacial score (nSPS) is 13.2. The second-order valence-electron chi connectivity index (χ2n) is 2.39. The molecule has 0 radical (unpaired) electrons. The summed E-state index contributed by atoms with van der Waals surface area (Å²) < 4.78 is 10.3. The third-order valence-corrected chi connectivity index (χ3v) is 1.39. The predicted octanol–water partition coefficient (Wildman–Crippen LogP) is -0.217. The Balaban J connectivity index is 3.34. The van der Waals surface area contributed by atoms with Gasteiger partial charge >= 0.3 is 0 Å². The lowest BCUT2D eigenvalue weighted by Gasteiger charge is -2.15. The summed E-state index contributed by atoms with van der Waals surface area (Å²) in [4.78, 5) is 0. The second kappa shape index (κ2) is 8.93. The Bertz CT molecular complexity index is 81.1. The lowest BCUT2D eigenvalue weighted by Crippen LogP contribution is -2.22. The van der Waals surface area contributed by atoms with Gasteiger partial charge < -0.3 is 19.7 Å². The zero-order valence-electron chi connectivity index (χ0n) is 7.53. The van der Waals surface area contributed by atoms with Crippen molar-refractivity contribution in [1.29, 1.82) is 0 Å². The van der Waals surface area contributed by atoms with Crippen LogP contribution in [-0.4, -0.2) is 49.4 Å². The van der Waals surface area contributed by atoms with Gasteiger partial charge in [-0.05, 0) is 13.3 Å². The van der Waals surface area contributed by atoms with Crippen LogP contribution >= 0.6 is 0 Å². The van der Waals surface area contributed by atoms with Gasteiger partial charge in [0.15, 0.2) is 0 Å². The van der Waals surface area contributed by atoms with Crippen molar-refractivity contribution in [3.63, 3.8) is 0 Å². The van der Waals surface area contributed by atoms with Gasteiger partial charge in [-0.3, -0.25) is 0 Å². The first kappa shape index (κ1) is 11.8. The van der Waals surface area contributed by atoms with Crippen LogP contribution < -0.4 is 0 Å². The van der Waals surface area contributed by atoms with Crippen molar-refractivity contribution in [2.24, 2.45) is 0 Å². The van der Waals surface area contributed by atoms with Crippen molar-refractivity contribution in [2.45, 2.75) is 19.4 Å². The van der Waals surface area contributed by atoms with Gasteiger partial charge in [-0.15, -0.1) is 0 Å². The van der Waals surface area contributed by atoms with Gasteiger partial charge in [0, 0.05) is 13.2 Å². The molecule has 2 N–H and O–H groups in total. The molecule has 0 aromatic carbocycles. The molecule has 0 spiro atoms. The molecule has 0 aliphatic rings. The van der Waals surface area contributed by atoms with Crippen molar-refractivity contribution in [3.8, 4) is 0 Å². The van der Waals surface area contributed by atoms with Gasteiger partial charge in [0.05, 0.1) is 25.9 Å². The minimum atomic E-state index is -0.0495. The Morgan fingerprint density at radius 3 is 2.50 bits per heavy atom. The van der Waals surface area contributed by atoms with Gasteiger partial charge in [0.2, 0.25) is 0 Å². The number of hydrogen-bond donors (Lipinski definition) is 2. The van der Waals surface area contributed by atoms with E-state index in [-0.39, 0.29) is 19.3 Å². The summed E-state index contributed by atoms with van der Waals surface area (Å²) in [6, 6.07) is 0. The van der Waals surface area contributed by atoms with E-state index < -0.39 is 0 Å². The van der Waals surface area contributed by atoms with Crippen molar-refractivity contribution in [3.05, 3.63) is 0 Å². The van der Waals surface area contributed by atoms with Crippen LogP contribution in [-0.2, 0) is 9.47 Å². The highest BCUT2D eigenvalue weighted by atomic mass is 16.5. The molecule has 0 saturated heterocycles. The molecule has 0 aliphatic carbocycles. The van der Waals surface area contributed by atoms with Crippen LogP contribution in [0.4, 0.5) is 0 Å². The van der Waals surface area contributed by atoms with Crippen LogP contribution in [0.25, 0.3) is 0 Å². The SMILES string of the molecule is CCOC(CCO)COCCO. The molecule has 0 fully saturated rings. The van der Waals surface area contributed by atoms with Crippen molar-refractivity contribution in [2.75, 3.05) is 33.0 Å². The maximum Gasteiger partial charge on any atom is 0.0830 e. The van der Waals surface area contributed by atoms with Crippen molar-refractivity contribution in [1.82, 2.24) is 0 Å². The summed E-state index contributed by atoms with van der Waals surface area (Å²) in [6.07, 6.45) is 0.533. The van der Waals surface area contributed by atoms with Gasteiger partial charge in [-0.1, -0.05) is 0 Å². The molecule has 0 saturated carbocycles. The maximum atomic E-state index is 8.63. The second-order valence-corrected chi connectivity index (χ2v) is 2.39. The molecule has 0 aliphatic heterocycles. The summed E-state index contributed by atoms with van der Waals surface area (Å²) in [6.45, 7) is 3.42. The molecule has 0 bridgehead atoms. The minimum Gasteiger partial charge on any atom is -0.396 e. The van der Waals surface area contributed by atoms with Crippen LogP contribution in [0.15, 0.2) is 0 Å². The number of ether oxygens (including phenoxy) is 2. The summed E-state index contributed by atoms with van der Waals surface area (Å²) in [5, 5.41) is 17.1. The van der Waals surface area contributed by atoms with E-state index in [9.17, 15) is 0 Å². The highest BCUT2D eigenvalue weighted by Gasteiger charge is 2.06. The molecule has 4 heteroatoms.